The molecule has 1 aromatic carbocycles. The monoisotopic (exact) mass is 410 g/mol. The van der Waals surface area contributed by atoms with Gasteiger partial charge in [0, 0.05) is 13.5 Å². The van der Waals surface area contributed by atoms with Gasteiger partial charge in [-0.1, -0.05) is 17.9 Å². The molecule has 0 spiro atoms. The Balaban J connectivity index is 1.66. The Hall–Kier alpha value is -2.89. The number of nitrogens with zero attached hydrogens (tertiary/aromatic N) is 2. The Labute approximate surface area is 174 Å². The number of ether oxygens (including phenoxy) is 1. The predicted molar refractivity (Wildman–Crippen MR) is 112 cm³/mol. The number of carbonyl (C=O) groups is 2. The Kier molecular flexibility index (Phi) is 5.75. The fourth-order valence-corrected chi connectivity index (χ4v) is 4.20. The first-order valence-electron chi connectivity index (χ1n) is 10.4. The smallest absolute Gasteiger partial charge is 0.329 e. The largest absolute Gasteiger partial charge is 0.362 e. The molecule has 0 aliphatic carbocycles. The molecule has 2 saturated heterocycles. The maximum Gasteiger partial charge on any atom is 0.329 e. The minimum Gasteiger partial charge on any atom is -0.362 e. The average Bonchev–Trinajstić information content (AvgIpc) is 2.98. The molecule has 2 aromatic rings. The molecule has 2 atom stereocenters. The summed E-state index contributed by atoms with van der Waals surface area (Å²) in [5, 5.41) is 5.64. The van der Waals surface area contributed by atoms with E-state index >= 15 is 0 Å². The summed E-state index contributed by atoms with van der Waals surface area (Å²) in [5.74, 6) is 5.56. The molecule has 3 heterocycles. The molecule has 1 unspecified atom stereocenters. The van der Waals surface area contributed by atoms with E-state index in [1.165, 1.54) is 9.13 Å². The minimum absolute atomic E-state index is 0.212. The van der Waals surface area contributed by atoms with Crippen LogP contribution in [0.4, 0.5) is 0 Å². The highest BCUT2D eigenvalue weighted by molar-refractivity contribution is 6.00. The third-order valence-corrected chi connectivity index (χ3v) is 5.72. The topological polar surface area (TPSA) is 94.4 Å². The Morgan fingerprint density at radius 2 is 1.93 bits per heavy atom. The summed E-state index contributed by atoms with van der Waals surface area (Å²) in [5.41, 5.74) is 1.72. The van der Waals surface area contributed by atoms with Crippen LogP contribution in [-0.4, -0.2) is 46.2 Å². The van der Waals surface area contributed by atoms with Crippen LogP contribution in [0, 0.1) is 11.8 Å². The van der Waals surface area contributed by atoms with Crippen LogP contribution < -0.4 is 16.3 Å². The van der Waals surface area contributed by atoms with Gasteiger partial charge < -0.3 is 10.1 Å². The number of hydrogen-bond donors (Lipinski definition) is 2. The number of para-hydroxylation sites is 1. The second-order valence-corrected chi connectivity index (χ2v) is 7.85. The van der Waals surface area contributed by atoms with Crippen molar-refractivity contribution < 1.29 is 14.3 Å². The summed E-state index contributed by atoms with van der Waals surface area (Å²) in [6.07, 6.45) is 2.46. The molecule has 8 nitrogen and oxygen atoms in total. The van der Waals surface area contributed by atoms with E-state index in [0.29, 0.717) is 23.0 Å². The van der Waals surface area contributed by atoms with Crippen molar-refractivity contribution in [2.45, 2.75) is 50.9 Å². The second-order valence-electron chi connectivity index (χ2n) is 7.85. The first kappa shape index (κ1) is 20.4. The summed E-state index contributed by atoms with van der Waals surface area (Å²) < 4.78 is 9.02. The number of nitrogens with one attached hydrogen (secondary N) is 2. The van der Waals surface area contributed by atoms with Crippen LogP contribution in [0.5, 0.6) is 0 Å². The number of aryl methyl sites for hydroxylation is 1. The van der Waals surface area contributed by atoms with Gasteiger partial charge in [0.1, 0.15) is 12.1 Å². The second kappa shape index (κ2) is 8.46. The molecule has 2 fully saturated rings. The summed E-state index contributed by atoms with van der Waals surface area (Å²) in [4.78, 5) is 36.8. The number of amides is 2. The summed E-state index contributed by atoms with van der Waals surface area (Å²) >= 11 is 0. The zero-order valence-electron chi connectivity index (χ0n) is 17.2. The van der Waals surface area contributed by atoms with E-state index in [1.807, 2.05) is 19.1 Å². The summed E-state index contributed by atoms with van der Waals surface area (Å²) in [6, 6.07) is 4.79. The SMILES string of the molecule is C[C@@H](C#Cc1cccc2c1n(C)c(=O)n2C1CCC(=O)NC1=O)OC1CCNCC1. The number of imide groups is 1. The van der Waals surface area contributed by atoms with Crippen molar-refractivity contribution in [1.82, 2.24) is 19.8 Å². The molecule has 8 heteroatoms. The van der Waals surface area contributed by atoms with Crippen molar-refractivity contribution in [3.05, 3.63) is 34.2 Å². The first-order valence-corrected chi connectivity index (χ1v) is 10.4. The van der Waals surface area contributed by atoms with Gasteiger partial charge in [0.05, 0.1) is 22.7 Å². The third-order valence-electron chi connectivity index (χ3n) is 5.72. The van der Waals surface area contributed by atoms with Crippen LogP contribution >= 0.6 is 0 Å². The molecule has 1 aromatic heterocycles. The molecular weight excluding hydrogens is 384 g/mol. The highest BCUT2D eigenvalue weighted by atomic mass is 16.5. The highest BCUT2D eigenvalue weighted by Gasteiger charge is 2.31. The quantitative estimate of drug-likeness (QED) is 0.577. The predicted octanol–water partition coefficient (Wildman–Crippen LogP) is 0.826. The molecule has 2 N–H and O–H groups in total. The van der Waals surface area contributed by atoms with Crippen molar-refractivity contribution in [2.24, 2.45) is 7.05 Å². The fraction of sp³-hybridized carbons (Fsp3) is 0.500. The number of imidazole rings is 1. The number of aromatic nitrogens is 2. The van der Waals surface area contributed by atoms with Crippen molar-refractivity contribution in [3.63, 3.8) is 0 Å². The lowest BCUT2D eigenvalue weighted by molar-refractivity contribution is -0.135. The summed E-state index contributed by atoms with van der Waals surface area (Å²) in [6.45, 7) is 3.85. The van der Waals surface area contributed by atoms with Crippen molar-refractivity contribution in [1.29, 1.82) is 0 Å². The maximum absolute atomic E-state index is 12.9. The molecule has 4 rings (SSSR count). The van der Waals surface area contributed by atoms with Crippen LogP contribution in [-0.2, 0) is 21.4 Å². The van der Waals surface area contributed by atoms with Crippen molar-refractivity contribution in [3.8, 4) is 11.8 Å². The van der Waals surface area contributed by atoms with E-state index in [-0.39, 0.29) is 30.2 Å². The average molecular weight is 410 g/mol. The Morgan fingerprint density at radius 1 is 1.17 bits per heavy atom. The van der Waals surface area contributed by atoms with Gasteiger partial charge in [0.2, 0.25) is 11.8 Å². The number of benzene rings is 1. The van der Waals surface area contributed by atoms with E-state index in [0.717, 1.165) is 25.9 Å². The van der Waals surface area contributed by atoms with Gasteiger partial charge in [-0.15, -0.1) is 0 Å². The summed E-state index contributed by atoms with van der Waals surface area (Å²) in [7, 11) is 1.67. The van der Waals surface area contributed by atoms with Gasteiger partial charge >= 0.3 is 5.69 Å². The third kappa shape index (κ3) is 3.91. The van der Waals surface area contributed by atoms with E-state index in [9.17, 15) is 14.4 Å². The van der Waals surface area contributed by atoms with Gasteiger partial charge in [-0.3, -0.25) is 24.0 Å². The minimum atomic E-state index is -0.704. The van der Waals surface area contributed by atoms with Gasteiger partial charge in [-0.2, -0.15) is 0 Å². The zero-order valence-corrected chi connectivity index (χ0v) is 17.2. The van der Waals surface area contributed by atoms with Gasteiger partial charge in [-0.25, -0.2) is 4.79 Å². The molecule has 30 heavy (non-hydrogen) atoms. The Morgan fingerprint density at radius 3 is 2.67 bits per heavy atom. The van der Waals surface area contributed by atoms with Crippen LogP contribution in [0.25, 0.3) is 11.0 Å². The molecule has 0 saturated carbocycles. The van der Waals surface area contributed by atoms with E-state index in [1.54, 1.807) is 13.1 Å². The van der Waals surface area contributed by atoms with E-state index < -0.39 is 11.9 Å². The lowest BCUT2D eigenvalue weighted by Crippen LogP contribution is -2.44. The molecule has 2 aliphatic rings. The van der Waals surface area contributed by atoms with Crippen LogP contribution in [0.1, 0.15) is 44.2 Å². The number of hydrogen-bond acceptors (Lipinski definition) is 5. The van der Waals surface area contributed by atoms with E-state index in [4.69, 9.17) is 4.74 Å². The number of carbonyl (C=O) groups excluding carboxylic acids is 2. The van der Waals surface area contributed by atoms with Crippen LogP contribution in [0.3, 0.4) is 0 Å². The highest BCUT2D eigenvalue weighted by Crippen LogP contribution is 2.24. The number of fused-ring (bicyclic) bond motifs is 1. The normalized spacial score (nSPS) is 21.2. The molecule has 2 aliphatic heterocycles. The standard InChI is InChI=1S/C22H26N4O4/c1-14(30-16-10-12-23-13-11-16)6-7-15-4-3-5-17-20(15)25(2)22(29)26(17)18-8-9-19(27)24-21(18)28/h3-5,14,16,18,23H,8-13H2,1-2H3,(H,24,27,28)/t14-,18?/m0/s1. The van der Waals surface area contributed by atoms with E-state index in [2.05, 4.69) is 22.5 Å². The van der Waals surface area contributed by atoms with Crippen molar-refractivity contribution >= 4 is 22.8 Å². The Bertz CT molecular complexity index is 1100. The number of rotatable bonds is 3. The molecule has 2 amide bonds. The molecule has 0 radical (unpaired) electrons. The van der Waals surface area contributed by atoms with Crippen LogP contribution in [0.15, 0.2) is 23.0 Å². The zero-order chi connectivity index (χ0) is 21.3. The molecular formula is C22H26N4O4. The fourth-order valence-electron chi connectivity index (χ4n) is 4.20. The van der Waals surface area contributed by atoms with Gasteiger partial charge in [-0.05, 0) is 51.4 Å². The lowest BCUT2D eigenvalue weighted by atomic mass is 10.1. The van der Waals surface area contributed by atoms with Gasteiger partial charge in [0.25, 0.3) is 0 Å². The molecule has 0 bridgehead atoms. The number of piperidine rings is 2. The van der Waals surface area contributed by atoms with Crippen molar-refractivity contribution in [2.75, 3.05) is 13.1 Å². The molecule has 158 valence electrons. The van der Waals surface area contributed by atoms with Gasteiger partial charge in [0.15, 0.2) is 0 Å². The maximum atomic E-state index is 12.9. The van der Waals surface area contributed by atoms with Crippen LogP contribution in [0.2, 0.25) is 0 Å². The first-order chi connectivity index (χ1) is 14.5. The lowest BCUT2D eigenvalue weighted by Gasteiger charge is -2.24.